The van der Waals surface area contributed by atoms with Crippen LogP contribution < -0.4 is 4.72 Å². The zero-order valence-corrected chi connectivity index (χ0v) is 15.4. The second-order valence-corrected chi connectivity index (χ2v) is 8.21. The average molecular weight is 395 g/mol. The zero-order chi connectivity index (χ0) is 19.6. The molecule has 1 aliphatic carbocycles. The lowest BCUT2D eigenvalue weighted by Crippen LogP contribution is -2.33. The fraction of sp³-hybridized carbons (Fsp3) is 0.316. The lowest BCUT2D eigenvalue weighted by atomic mass is 10.1. The molecular weight excluding hydrogens is 376 g/mol. The first-order valence-corrected chi connectivity index (χ1v) is 9.94. The molecule has 8 heteroatoms. The maximum absolute atomic E-state index is 13.9. The predicted octanol–water partition coefficient (Wildman–Crippen LogP) is 3.25. The third-order valence-corrected chi connectivity index (χ3v) is 6.23. The number of carbonyl (C=O) groups excluding carboxylic acids is 1. The second-order valence-electron chi connectivity index (χ2n) is 6.50. The van der Waals surface area contributed by atoms with Crippen LogP contribution in [0.4, 0.5) is 8.78 Å². The van der Waals surface area contributed by atoms with Crippen LogP contribution in [0.15, 0.2) is 47.4 Å². The first-order valence-electron chi connectivity index (χ1n) is 8.46. The smallest absolute Gasteiger partial charge is 0.308 e. The van der Waals surface area contributed by atoms with E-state index in [2.05, 4.69) is 4.72 Å². The number of sulfonamides is 1. The van der Waals surface area contributed by atoms with Gasteiger partial charge in [0.1, 0.15) is 11.6 Å². The van der Waals surface area contributed by atoms with E-state index in [9.17, 15) is 22.0 Å². The van der Waals surface area contributed by atoms with Gasteiger partial charge in [-0.15, -0.1) is 0 Å². The van der Waals surface area contributed by atoms with Crippen LogP contribution >= 0.6 is 0 Å². The number of carbonyl (C=O) groups is 1. The van der Waals surface area contributed by atoms with Gasteiger partial charge in [0.2, 0.25) is 10.0 Å². The van der Waals surface area contributed by atoms with Gasteiger partial charge in [-0.25, -0.2) is 21.9 Å². The summed E-state index contributed by atoms with van der Waals surface area (Å²) in [6.45, 7) is 0. The molecule has 2 aromatic rings. The van der Waals surface area contributed by atoms with Crippen LogP contribution in [0, 0.1) is 17.6 Å². The molecular formula is C19H19F2NO4S. The van der Waals surface area contributed by atoms with Crippen molar-refractivity contribution < 1.29 is 26.7 Å². The Kier molecular flexibility index (Phi) is 5.57. The molecule has 144 valence electrons. The van der Waals surface area contributed by atoms with Gasteiger partial charge >= 0.3 is 5.97 Å². The number of halogens is 2. The maximum Gasteiger partial charge on any atom is 0.308 e. The molecule has 5 nitrogen and oxygen atoms in total. The van der Waals surface area contributed by atoms with Crippen molar-refractivity contribution in [1.29, 1.82) is 0 Å². The molecule has 0 spiro atoms. The van der Waals surface area contributed by atoms with Crippen molar-refractivity contribution >= 4 is 16.0 Å². The highest BCUT2D eigenvalue weighted by Gasteiger charge is 2.33. The van der Waals surface area contributed by atoms with E-state index in [4.69, 9.17) is 4.74 Å². The largest absolute Gasteiger partial charge is 0.469 e. The highest BCUT2D eigenvalue weighted by atomic mass is 32.2. The molecule has 2 atom stereocenters. The van der Waals surface area contributed by atoms with Crippen LogP contribution in [0.1, 0.15) is 19.3 Å². The van der Waals surface area contributed by atoms with Crippen LogP contribution in [0.5, 0.6) is 0 Å². The molecule has 0 unspecified atom stereocenters. The number of benzene rings is 2. The van der Waals surface area contributed by atoms with E-state index in [-0.39, 0.29) is 28.4 Å². The summed E-state index contributed by atoms with van der Waals surface area (Å²) in [4.78, 5) is 11.6. The van der Waals surface area contributed by atoms with Crippen LogP contribution in [-0.4, -0.2) is 27.5 Å². The summed E-state index contributed by atoms with van der Waals surface area (Å²) < 4.78 is 59.3. The molecule has 0 radical (unpaired) electrons. The molecule has 0 heterocycles. The average Bonchev–Trinajstić information content (AvgIpc) is 3.09. The van der Waals surface area contributed by atoms with Gasteiger partial charge in [0.05, 0.1) is 17.9 Å². The fourth-order valence-electron chi connectivity index (χ4n) is 3.29. The quantitative estimate of drug-likeness (QED) is 0.789. The molecule has 3 rings (SSSR count). The zero-order valence-electron chi connectivity index (χ0n) is 14.6. The molecule has 0 aliphatic heterocycles. The summed E-state index contributed by atoms with van der Waals surface area (Å²) >= 11 is 0. The predicted molar refractivity (Wildman–Crippen MR) is 95.3 cm³/mol. The van der Waals surface area contributed by atoms with Crippen molar-refractivity contribution in [1.82, 2.24) is 4.72 Å². The number of nitrogens with one attached hydrogen (secondary N) is 1. The van der Waals surface area contributed by atoms with Crippen molar-refractivity contribution in [3.05, 3.63) is 54.1 Å². The Morgan fingerprint density at radius 3 is 2.44 bits per heavy atom. The molecule has 0 aromatic heterocycles. The van der Waals surface area contributed by atoms with Gasteiger partial charge in [-0.05, 0) is 49.1 Å². The Hall–Kier alpha value is -2.32. The van der Waals surface area contributed by atoms with E-state index in [1.165, 1.54) is 37.4 Å². The number of ether oxygens (including phenoxy) is 1. The summed E-state index contributed by atoms with van der Waals surface area (Å²) in [6.07, 6.45) is 1.52. The first kappa shape index (κ1) is 19.4. The number of rotatable bonds is 5. The van der Waals surface area contributed by atoms with Gasteiger partial charge < -0.3 is 4.74 Å². The lowest BCUT2D eigenvalue weighted by molar-refractivity contribution is -0.145. The number of hydrogen-bond donors (Lipinski definition) is 1. The second kappa shape index (κ2) is 7.74. The van der Waals surface area contributed by atoms with Crippen molar-refractivity contribution in [2.75, 3.05) is 7.11 Å². The summed E-state index contributed by atoms with van der Waals surface area (Å²) in [7, 11) is -2.46. The minimum atomic E-state index is -3.77. The lowest BCUT2D eigenvalue weighted by Gasteiger charge is -2.14. The standard InChI is InChI=1S/C19H19F2NO4S/c1-26-19(23)13-2-6-15(10-13)22-27(24,25)16-7-3-12(4-8-16)17-9-5-14(20)11-18(17)21/h3-5,7-9,11,13,15,22H,2,6,10H2,1H3/t13-,15-/m1/s1. The summed E-state index contributed by atoms with van der Waals surface area (Å²) in [5.41, 5.74) is 0.628. The van der Waals surface area contributed by atoms with Gasteiger partial charge in [-0.1, -0.05) is 12.1 Å². The number of esters is 1. The topological polar surface area (TPSA) is 72.5 Å². The normalized spacial score (nSPS) is 19.8. The van der Waals surface area contributed by atoms with E-state index in [0.717, 1.165) is 12.1 Å². The van der Waals surface area contributed by atoms with Crippen molar-refractivity contribution in [2.24, 2.45) is 5.92 Å². The Balaban J connectivity index is 1.73. The van der Waals surface area contributed by atoms with Crippen molar-refractivity contribution in [2.45, 2.75) is 30.2 Å². The van der Waals surface area contributed by atoms with Crippen LogP contribution in [0.2, 0.25) is 0 Å². The minimum Gasteiger partial charge on any atom is -0.469 e. The van der Waals surface area contributed by atoms with Crippen LogP contribution in [-0.2, 0) is 19.6 Å². The van der Waals surface area contributed by atoms with E-state index in [1.807, 2.05) is 0 Å². The minimum absolute atomic E-state index is 0.0373. The molecule has 1 N–H and O–H groups in total. The highest BCUT2D eigenvalue weighted by Crippen LogP contribution is 2.29. The monoisotopic (exact) mass is 395 g/mol. The van der Waals surface area contributed by atoms with Crippen LogP contribution in [0.3, 0.4) is 0 Å². The number of hydrogen-bond acceptors (Lipinski definition) is 4. The molecule has 27 heavy (non-hydrogen) atoms. The molecule has 1 fully saturated rings. The Morgan fingerprint density at radius 2 is 1.81 bits per heavy atom. The Morgan fingerprint density at radius 1 is 1.11 bits per heavy atom. The van der Waals surface area contributed by atoms with E-state index in [1.54, 1.807) is 0 Å². The molecule has 0 amide bonds. The molecule has 1 saturated carbocycles. The SMILES string of the molecule is COC(=O)[C@@H]1CC[C@@H](NS(=O)(=O)c2ccc(-c3ccc(F)cc3F)cc2)C1. The van der Waals surface area contributed by atoms with E-state index < -0.39 is 21.7 Å². The highest BCUT2D eigenvalue weighted by molar-refractivity contribution is 7.89. The molecule has 2 aromatic carbocycles. The van der Waals surface area contributed by atoms with Crippen molar-refractivity contribution in [3.63, 3.8) is 0 Å². The molecule has 0 bridgehead atoms. The van der Waals surface area contributed by atoms with Crippen LogP contribution in [0.25, 0.3) is 11.1 Å². The van der Waals surface area contributed by atoms with Crippen molar-refractivity contribution in [3.8, 4) is 11.1 Å². The first-order chi connectivity index (χ1) is 12.8. The summed E-state index contributed by atoms with van der Waals surface area (Å²) in [5, 5.41) is 0. The van der Waals surface area contributed by atoms with E-state index in [0.29, 0.717) is 24.8 Å². The summed E-state index contributed by atoms with van der Waals surface area (Å²) in [6, 6.07) is 8.56. The Bertz CT molecular complexity index is 945. The third kappa shape index (κ3) is 4.33. The van der Waals surface area contributed by atoms with Gasteiger partial charge in [0.15, 0.2) is 0 Å². The molecule has 1 aliphatic rings. The maximum atomic E-state index is 13.9. The van der Waals surface area contributed by atoms with E-state index >= 15 is 0 Å². The van der Waals surface area contributed by atoms with Gasteiger partial charge in [-0.3, -0.25) is 4.79 Å². The fourth-order valence-corrected chi connectivity index (χ4v) is 4.58. The third-order valence-electron chi connectivity index (χ3n) is 4.70. The Labute approximate surface area is 156 Å². The van der Waals surface area contributed by atoms with Gasteiger partial charge in [-0.2, -0.15) is 0 Å². The molecule has 0 saturated heterocycles. The van der Waals surface area contributed by atoms with Gasteiger partial charge in [0.25, 0.3) is 0 Å². The summed E-state index contributed by atoms with van der Waals surface area (Å²) in [5.74, 6) is -2.03. The van der Waals surface area contributed by atoms with Gasteiger partial charge in [0, 0.05) is 17.7 Å². The number of methoxy groups -OCH3 is 1.